The van der Waals surface area contributed by atoms with Crippen molar-refractivity contribution in [3.63, 3.8) is 0 Å². The van der Waals surface area contributed by atoms with E-state index in [-0.39, 0.29) is 33.8 Å². The molecule has 2 aromatic carbocycles. The Bertz CT molecular complexity index is 1670. The van der Waals surface area contributed by atoms with E-state index in [1.54, 1.807) is 0 Å². The SMILES string of the molecule is CC(N1C(=O)C=CC1=O)N1C(=O)c2ccc(Oc3ccc4c(c3)C(=O)N(CN3C(=O)C=CC3=O)C4=O)cc2C1=O. The number of ether oxygens (including phenoxy) is 1. The van der Waals surface area contributed by atoms with Crippen LogP contribution < -0.4 is 4.74 Å². The van der Waals surface area contributed by atoms with E-state index in [4.69, 9.17) is 4.74 Å². The molecule has 13 heteroatoms. The Balaban J connectivity index is 1.21. The average Bonchev–Trinajstić information content (AvgIpc) is 3.59. The Morgan fingerprint density at radius 2 is 1.00 bits per heavy atom. The standard InChI is InChI=1S/C27H16N4O9/c1-13(30-22(34)8-9-23(30)35)31-26(38)17-5-3-15(11-19(17)27(31)39)40-14-2-4-16-18(10-14)25(37)29(24(16)36)12-28-20(32)6-7-21(28)33/h2-11,13H,12H2,1H3. The fourth-order valence-corrected chi connectivity index (χ4v) is 4.85. The molecule has 0 aliphatic carbocycles. The summed E-state index contributed by atoms with van der Waals surface area (Å²) in [5.41, 5.74) is 0.107. The summed E-state index contributed by atoms with van der Waals surface area (Å²) >= 11 is 0. The average molecular weight is 540 g/mol. The molecule has 0 spiro atoms. The summed E-state index contributed by atoms with van der Waals surface area (Å²) in [6, 6.07) is 8.21. The van der Waals surface area contributed by atoms with Crippen LogP contribution in [0.15, 0.2) is 60.7 Å². The first-order chi connectivity index (χ1) is 19.1. The maximum atomic E-state index is 13.1. The number of fused-ring (bicyclic) bond motifs is 2. The summed E-state index contributed by atoms with van der Waals surface area (Å²) in [4.78, 5) is 103. The topological polar surface area (TPSA) is 159 Å². The predicted molar refractivity (Wildman–Crippen MR) is 130 cm³/mol. The number of hydrogen-bond donors (Lipinski definition) is 0. The number of hydrogen-bond acceptors (Lipinski definition) is 9. The molecular formula is C27H16N4O9. The van der Waals surface area contributed by atoms with E-state index in [1.807, 2.05) is 0 Å². The van der Waals surface area contributed by atoms with Crippen molar-refractivity contribution in [1.82, 2.24) is 19.6 Å². The maximum absolute atomic E-state index is 13.1. The normalized spacial score (nSPS) is 18.6. The van der Waals surface area contributed by atoms with E-state index in [2.05, 4.69) is 0 Å². The summed E-state index contributed by atoms with van der Waals surface area (Å²) in [5, 5.41) is 0. The quantitative estimate of drug-likeness (QED) is 0.484. The van der Waals surface area contributed by atoms with E-state index < -0.39 is 60.1 Å². The Labute approximate surface area is 224 Å². The van der Waals surface area contributed by atoms with Crippen molar-refractivity contribution < 1.29 is 43.1 Å². The van der Waals surface area contributed by atoms with Crippen LogP contribution in [0.25, 0.3) is 0 Å². The van der Waals surface area contributed by atoms with Crippen molar-refractivity contribution in [2.45, 2.75) is 13.1 Å². The third-order valence-corrected chi connectivity index (χ3v) is 6.84. The van der Waals surface area contributed by atoms with Gasteiger partial charge in [-0.1, -0.05) is 0 Å². The smallest absolute Gasteiger partial charge is 0.263 e. The van der Waals surface area contributed by atoms with Gasteiger partial charge >= 0.3 is 0 Å². The first kappa shape index (κ1) is 24.6. The van der Waals surface area contributed by atoms with Crippen molar-refractivity contribution in [2.75, 3.05) is 6.67 Å². The predicted octanol–water partition coefficient (Wildman–Crippen LogP) is 0.824. The number of carbonyl (C=O) groups excluding carboxylic acids is 8. The van der Waals surface area contributed by atoms with Crippen molar-refractivity contribution in [3.05, 3.63) is 83.0 Å². The molecular weight excluding hydrogens is 524 g/mol. The number of amides is 8. The molecule has 2 aromatic rings. The molecule has 13 nitrogen and oxygen atoms in total. The van der Waals surface area contributed by atoms with Gasteiger partial charge in [-0.2, -0.15) is 0 Å². The Kier molecular flexibility index (Phi) is 5.33. The number of benzene rings is 2. The zero-order valence-corrected chi connectivity index (χ0v) is 20.5. The van der Waals surface area contributed by atoms with Gasteiger partial charge in [0.05, 0.1) is 22.3 Å². The van der Waals surface area contributed by atoms with Gasteiger partial charge in [0, 0.05) is 24.3 Å². The highest BCUT2D eigenvalue weighted by Crippen LogP contribution is 2.33. The monoisotopic (exact) mass is 540 g/mol. The van der Waals surface area contributed by atoms with E-state index in [0.29, 0.717) is 0 Å². The number of rotatable bonds is 6. The minimum atomic E-state index is -1.16. The fraction of sp³-hybridized carbons (Fsp3) is 0.111. The van der Waals surface area contributed by atoms with Gasteiger partial charge in [-0.05, 0) is 43.3 Å². The molecule has 40 heavy (non-hydrogen) atoms. The third kappa shape index (κ3) is 3.55. The largest absolute Gasteiger partial charge is 0.457 e. The van der Waals surface area contributed by atoms with Crippen LogP contribution in [-0.2, 0) is 19.2 Å². The molecule has 6 rings (SSSR count). The highest BCUT2D eigenvalue weighted by Gasteiger charge is 2.44. The molecule has 0 saturated heterocycles. The summed E-state index contributed by atoms with van der Waals surface area (Å²) in [6.45, 7) is 0.855. The lowest BCUT2D eigenvalue weighted by Crippen LogP contribution is -2.51. The van der Waals surface area contributed by atoms with Gasteiger partial charge in [0.15, 0.2) is 0 Å². The van der Waals surface area contributed by atoms with E-state index >= 15 is 0 Å². The molecule has 4 aliphatic heterocycles. The Morgan fingerprint density at radius 1 is 0.550 bits per heavy atom. The molecule has 0 aromatic heterocycles. The molecule has 4 heterocycles. The van der Waals surface area contributed by atoms with E-state index in [9.17, 15) is 38.4 Å². The second-order valence-electron chi connectivity index (χ2n) is 9.13. The highest BCUT2D eigenvalue weighted by molar-refractivity contribution is 6.23. The zero-order chi connectivity index (χ0) is 28.5. The summed E-state index contributed by atoms with van der Waals surface area (Å²) in [6.07, 6.45) is 3.05. The Morgan fingerprint density at radius 3 is 1.57 bits per heavy atom. The van der Waals surface area contributed by atoms with Crippen molar-refractivity contribution in [1.29, 1.82) is 0 Å². The van der Waals surface area contributed by atoms with Crippen LogP contribution in [0.1, 0.15) is 48.4 Å². The number of nitrogens with zero attached hydrogens (tertiary/aromatic N) is 4. The molecule has 198 valence electrons. The molecule has 0 N–H and O–H groups in total. The number of imide groups is 4. The first-order valence-electron chi connectivity index (χ1n) is 11.9. The van der Waals surface area contributed by atoms with E-state index in [0.717, 1.165) is 43.9 Å². The molecule has 0 radical (unpaired) electrons. The van der Waals surface area contributed by atoms with Gasteiger partial charge in [0.2, 0.25) is 0 Å². The second kappa shape index (κ2) is 8.66. The second-order valence-corrected chi connectivity index (χ2v) is 9.13. The van der Waals surface area contributed by atoms with Gasteiger partial charge < -0.3 is 4.74 Å². The fourth-order valence-electron chi connectivity index (χ4n) is 4.85. The Hall–Kier alpha value is -5.72. The lowest BCUT2D eigenvalue weighted by atomic mass is 10.1. The number of carbonyl (C=O) groups is 8. The summed E-state index contributed by atoms with van der Waals surface area (Å²) in [5.74, 6) is -5.10. The molecule has 1 unspecified atom stereocenters. The van der Waals surface area contributed by atoms with Gasteiger partial charge in [0.1, 0.15) is 24.3 Å². The van der Waals surface area contributed by atoms with E-state index in [1.165, 1.54) is 43.3 Å². The first-order valence-corrected chi connectivity index (χ1v) is 11.9. The molecule has 0 saturated carbocycles. The van der Waals surface area contributed by atoms with Crippen LogP contribution in [0, 0.1) is 0 Å². The van der Waals surface area contributed by atoms with Crippen LogP contribution in [0.3, 0.4) is 0 Å². The van der Waals surface area contributed by atoms with Gasteiger partial charge in [-0.15, -0.1) is 0 Å². The molecule has 0 bridgehead atoms. The lowest BCUT2D eigenvalue weighted by molar-refractivity contribution is -0.142. The lowest BCUT2D eigenvalue weighted by Gasteiger charge is -2.29. The minimum absolute atomic E-state index is 0.00414. The highest BCUT2D eigenvalue weighted by atomic mass is 16.5. The summed E-state index contributed by atoms with van der Waals surface area (Å²) in [7, 11) is 0. The van der Waals surface area contributed by atoms with Crippen molar-refractivity contribution in [2.24, 2.45) is 0 Å². The van der Waals surface area contributed by atoms with Crippen LogP contribution in [-0.4, -0.2) is 79.7 Å². The third-order valence-electron chi connectivity index (χ3n) is 6.84. The molecule has 4 aliphatic rings. The maximum Gasteiger partial charge on any atom is 0.263 e. The van der Waals surface area contributed by atoms with Crippen LogP contribution >= 0.6 is 0 Å². The van der Waals surface area contributed by atoms with Gasteiger partial charge in [0.25, 0.3) is 47.3 Å². The van der Waals surface area contributed by atoms with Crippen molar-refractivity contribution in [3.8, 4) is 11.5 Å². The zero-order valence-electron chi connectivity index (χ0n) is 20.5. The van der Waals surface area contributed by atoms with Crippen molar-refractivity contribution >= 4 is 47.3 Å². The minimum Gasteiger partial charge on any atom is -0.457 e. The van der Waals surface area contributed by atoms with Gasteiger partial charge in [-0.25, -0.2) is 0 Å². The molecule has 8 amide bonds. The van der Waals surface area contributed by atoms with Gasteiger partial charge in [-0.3, -0.25) is 58.0 Å². The van der Waals surface area contributed by atoms with Crippen LogP contribution in [0.4, 0.5) is 0 Å². The van der Waals surface area contributed by atoms with Crippen LogP contribution in [0.2, 0.25) is 0 Å². The summed E-state index contributed by atoms with van der Waals surface area (Å²) < 4.78 is 5.81. The molecule has 1 atom stereocenters. The molecule has 0 fully saturated rings. The van der Waals surface area contributed by atoms with Crippen LogP contribution in [0.5, 0.6) is 11.5 Å².